The third kappa shape index (κ3) is 2.91. The lowest BCUT2D eigenvalue weighted by Gasteiger charge is -2.02. The molecular formula is C14H17ClN2S. The van der Waals surface area contributed by atoms with E-state index in [2.05, 4.69) is 13.8 Å². The Balaban J connectivity index is 2.41. The highest BCUT2D eigenvalue weighted by Crippen LogP contribution is 2.33. The van der Waals surface area contributed by atoms with Crippen LogP contribution in [0.1, 0.15) is 24.4 Å². The van der Waals surface area contributed by atoms with Crippen LogP contribution in [0.3, 0.4) is 0 Å². The van der Waals surface area contributed by atoms with Crippen LogP contribution in [0.25, 0.3) is 10.6 Å². The van der Waals surface area contributed by atoms with Gasteiger partial charge in [0.2, 0.25) is 0 Å². The minimum Gasteiger partial charge on any atom is -0.326 e. The van der Waals surface area contributed by atoms with Crippen molar-refractivity contribution in [3.05, 3.63) is 39.9 Å². The van der Waals surface area contributed by atoms with Gasteiger partial charge in [0.1, 0.15) is 5.01 Å². The Hall–Kier alpha value is -0.900. The summed E-state index contributed by atoms with van der Waals surface area (Å²) in [6.07, 6.45) is 0.966. The lowest BCUT2D eigenvalue weighted by Crippen LogP contribution is -2.01. The molecule has 0 atom stereocenters. The number of nitrogens with two attached hydrogens (primary N) is 1. The fourth-order valence-electron chi connectivity index (χ4n) is 1.84. The van der Waals surface area contributed by atoms with E-state index < -0.39 is 0 Å². The maximum atomic E-state index is 6.20. The number of hydrogen-bond donors (Lipinski definition) is 1. The average molecular weight is 281 g/mol. The number of thiazole rings is 1. The van der Waals surface area contributed by atoms with E-state index in [9.17, 15) is 0 Å². The van der Waals surface area contributed by atoms with Gasteiger partial charge >= 0.3 is 0 Å². The molecule has 96 valence electrons. The zero-order chi connectivity index (χ0) is 13.1. The minimum atomic E-state index is 0.546. The summed E-state index contributed by atoms with van der Waals surface area (Å²) in [4.78, 5) is 5.87. The number of rotatable bonds is 4. The van der Waals surface area contributed by atoms with Crippen molar-refractivity contribution in [2.45, 2.75) is 26.8 Å². The molecule has 0 amide bonds. The van der Waals surface area contributed by atoms with Crippen LogP contribution in [0.5, 0.6) is 0 Å². The van der Waals surface area contributed by atoms with Crippen molar-refractivity contribution in [1.82, 2.24) is 4.98 Å². The molecule has 0 fully saturated rings. The number of aromatic nitrogens is 1. The third-order valence-corrected chi connectivity index (χ3v) is 4.15. The first kappa shape index (κ1) is 13.5. The monoisotopic (exact) mass is 280 g/mol. The van der Waals surface area contributed by atoms with Gasteiger partial charge in [-0.25, -0.2) is 4.98 Å². The molecule has 18 heavy (non-hydrogen) atoms. The Labute approximate surface area is 117 Å². The Morgan fingerprint density at radius 1 is 1.33 bits per heavy atom. The predicted octanol–water partition coefficient (Wildman–Crippen LogP) is 4.12. The summed E-state index contributed by atoms with van der Waals surface area (Å²) in [5.74, 6) is 0.580. The minimum absolute atomic E-state index is 0.546. The number of benzene rings is 1. The van der Waals surface area contributed by atoms with E-state index in [1.807, 2.05) is 24.3 Å². The lowest BCUT2D eigenvalue weighted by atomic mass is 10.1. The Morgan fingerprint density at radius 2 is 2.06 bits per heavy atom. The van der Waals surface area contributed by atoms with Crippen molar-refractivity contribution in [2.75, 3.05) is 0 Å². The smallest absolute Gasteiger partial charge is 0.125 e. The highest BCUT2D eigenvalue weighted by molar-refractivity contribution is 7.15. The van der Waals surface area contributed by atoms with Crippen LogP contribution >= 0.6 is 22.9 Å². The second-order valence-electron chi connectivity index (χ2n) is 4.67. The molecule has 1 aromatic carbocycles. The van der Waals surface area contributed by atoms with E-state index in [0.717, 1.165) is 27.7 Å². The third-order valence-electron chi connectivity index (χ3n) is 2.67. The van der Waals surface area contributed by atoms with Gasteiger partial charge < -0.3 is 5.73 Å². The van der Waals surface area contributed by atoms with Gasteiger partial charge in [-0.15, -0.1) is 11.3 Å². The predicted molar refractivity (Wildman–Crippen MR) is 79.0 cm³/mol. The highest BCUT2D eigenvalue weighted by atomic mass is 35.5. The van der Waals surface area contributed by atoms with E-state index in [-0.39, 0.29) is 0 Å². The maximum absolute atomic E-state index is 6.20. The van der Waals surface area contributed by atoms with Gasteiger partial charge in [0.25, 0.3) is 0 Å². The first-order chi connectivity index (χ1) is 8.61. The summed E-state index contributed by atoms with van der Waals surface area (Å²) in [6.45, 7) is 4.92. The van der Waals surface area contributed by atoms with Crippen molar-refractivity contribution >= 4 is 22.9 Å². The molecular weight excluding hydrogens is 264 g/mol. The van der Waals surface area contributed by atoms with E-state index >= 15 is 0 Å². The number of halogens is 1. The van der Waals surface area contributed by atoms with Gasteiger partial charge in [0.15, 0.2) is 0 Å². The summed E-state index contributed by atoms with van der Waals surface area (Å²) in [5, 5.41) is 1.71. The molecule has 0 aliphatic rings. The van der Waals surface area contributed by atoms with Crippen molar-refractivity contribution in [1.29, 1.82) is 0 Å². The zero-order valence-corrected chi connectivity index (χ0v) is 12.2. The van der Waals surface area contributed by atoms with Crippen LogP contribution in [0.2, 0.25) is 5.02 Å². The van der Waals surface area contributed by atoms with Crippen molar-refractivity contribution in [3.8, 4) is 10.6 Å². The van der Waals surface area contributed by atoms with Gasteiger partial charge in [-0.3, -0.25) is 0 Å². The molecule has 1 heterocycles. The lowest BCUT2D eigenvalue weighted by molar-refractivity contribution is 0.634. The molecule has 0 aliphatic carbocycles. The molecule has 0 saturated heterocycles. The molecule has 4 heteroatoms. The van der Waals surface area contributed by atoms with E-state index in [1.54, 1.807) is 11.3 Å². The molecule has 2 rings (SSSR count). The van der Waals surface area contributed by atoms with Gasteiger partial charge in [0.05, 0.1) is 10.7 Å². The quantitative estimate of drug-likeness (QED) is 0.915. The van der Waals surface area contributed by atoms with Crippen LogP contribution in [0.15, 0.2) is 24.3 Å². The number of hydrogen-bond acceptors (Lipinski definition) is 3. The van der Waals surface area contributed by atoms with Gasteiger partial charge in [-0.2, -0.15) is 0 Å². The van der Waals surface area contributed by atoms with Crippen LogP contribution in [-0.2, 0) is 13.0 Å². The van der Waals surface area contributed by atoms with Gasteiger partial charge in [-0.05, 0) is 18.4 Å². The van der Waals surface area contributed by atoms with Crippen molar-refractivity contribution in [2.24, 2.45) is 11.7 Å². The van der Waals surface area contributed by atoms with Crippen LogP contribution in [0, 0.1) is 5.92 Å². The van der Waals surface area contributed by atoms with Crippen LogP contribution < -0.4 is 5.73 Å². The topological polar surface area (TPSA) is 38.9 Å². The fourth-order valence-corrected chi connectivity index (χ4v) is 3.13. The van der Waals surface area contributed by atoms with Gasteiger partial charge in [-0.1, -0.05) is 43.6 Å². The van der Waals surface area contributed by atoms with Crippen molar-refractivity contribution in [3.63, 3.8) is 0 Å². The van der Waals surface area contributed by atoms with Gasteiger partial charge in [0, 0.05) is 17.0 Å². The SMILES string of the molecule is CC(C)Cc1nc(-c2ccccc2Cl)sc1CN. The highest BCUT2D eigenvalue weighted by Gasteiger charge is 2.14. The number of nitrogens with zero attached hydrogens (tertiary/aromatic N) is 1. The molecule has 1 aromatic heterocycles. The maximum Gasteiger partial charge on any atom is 0.125 e. The summed E-state index contributed by atoms with van der Waals surface area (Å²) in [6, 6.07) is 7.80. The first-order valence-corrected chi connectivity index (χ1v) is 7.24. The van der Waals surface area contributed by atoms with Crippen LogP contribution in [0.4, 0.5) is 0 Å². The van der Waals surface area contributed by atoms with E-state index in [4.69, 9.17) is 22.3 Å². The summed E-state index contributed by atoms with van der Waals surface area (Å²) in [7, 11) is 0. The Bertz CT molecular complexity index is 534. The molecule has 0 bridgehead atoms. The molecule has 0 radical (unpaired) electrons. The molecule has 2 aromatic rings. The molecule has 0 spiro atoms. The van der Waals surface area contributed by atoms with E-state index in [0.29, 0.717) is 12.5 Å². The second-order valence-corrected chi connectivity index (χ2v) is 6.16. The summed E-state index contributed by atoms with van der Waals surface area (Å²) >= 11 is 7.85. The second kappa shape index (κ2) is 5.83. The average Bonchev–Trinajstić information content (AvgIpc) is 2.71. The summed E-state index contributed by atoms with van der Waals surface area (Å²) in [5.41, 5.74) is 7.91. The Kier molecular flexibility index (Phi) is 4.38. The summed E-state index contributed by atoms with van der Waals surface area (Å²) < 4.78 is 0. The van der Waals surface area contributed by atoms with E-state index in [1.165, 1.54) is 4.88 Å². The fraction of sp³-hybridized carbons (Fsp3) is 0.357. The standard InChI is InChI=1S/C14H17ClN2S/c1-9(2)7-12-13(8-16)18-14(17-12)10-5-3-4-6-11(10)15/h3-6,9H,7-8,16H2,1-2H3. The van der Waals surface area contributed by atoms with Crippen molar-refractivity contribution < 1.29 is 0 Å². The molecule has 0 unspecified atom stereocenters. The molecule has 0 aliphatic heterocycles. The first-order valence-electron chi connectivity index (χ1n) is 6.05. The van der Waals surface area contributed by atoms with Crippen LogP contribution in [-0.4, -0.2) is 4.98 Å². The normalized spacial score (nSPS) is 11.2. The zero-order valence-electron chi connectivity index (χ0n) is 10.6. The molecule has 2 N–H and O–H groups in total. The Morgan fingerprint density at radius 3 is 2.67 bits per heavy atom. The largest absolute Gasteiger partial charge is 0.326 e. The molecule has 2 nitrogen and oxygen atoms in total. The molecule has 0 saturated carbocycles.